The van der Waals surface area contributed by atoms with Crippen LogP contribution in [0.1, 0.15) is 5.56 Å². The Morgan fingerprint density at radius 2 is 1.78 bits per heavy atom. The molecule has 0 saturated heterocycles. The molecule has 0 saturated carbocycles. The van der Waals surface area contributed by atoms with E-state index < -0.39 is 0 Å². The summed E-state index contributed by atoms with van der Waals surface area (Å²) < 4.78 is 2.17. The van der Waals surface area contributed by atoms with Crippen molar-refractivity contribution in [1.82, 2.24) is 4.57 Å². The second kappa shape index (κ2) is 4.11. The predicted molar refractivity (Wildman–Crippen MR) is 73.6 cm³/mol. The van der Waals surface area contributed by atoms with Crippen molar-refractivity contribution in [2.24, 2.45) is 0 Å². The number of nitrogens with two attached hydrogens (primary N) is 1. The van der Waals surface area contributed by atoms with Crippen molar-refractivity contribution in [3.8, 4) is 5.75 Å². The first-order valence-electron chi connectivity index (χ1n) is 5.85. The van der Waals surface area contributed by atoms with Gasteiger partial charge in [-0.1, -0.05) is 12.1 Å². The Bertz CT molecular complexity index is 683. The molecular formula is C15H14N2O. The Morgan fingerprint density at radius 1 is 1.00 bits per heavy atom. The van der Waals surface area contributed by atoms with Gasteiger partial charge >= 0.3 is 0 Å². The zero-order valence-corrected chi connectivity index (χ0v) is 9.88. The number of hydrogen-bond donors (Lipinski definition) is 2. The fourth-order valence-corrected chi connectivity index (χ4v) is 2.15. The van der Waals surface area contributed by atoms with Crippen LogP contribution in [0.25, 0.3) is 10.9 Å². The first-order valence-corrected chi connectivity index (χ1v) is 5.85. The number of aromatic hydroxyl groups is 1. The van der Waals surface area contributed by atoms with E-state index in [4.69, 9.17) is 5.73 Å². The molecule has 18 heavy (non-hydrogen) atoms. The molecule has 1 heterocycles. The summed E-state index contributed by atoms with van der Waals surface area (Å²) in [6.45, 7) is 0.785. The van der Waals surface area contributed by atoms with Gasteiger partial charge in [-0.15, -0.1) is 0 Å². The van der Waals surface area contributed by atoms with Crippen LogP contribution in [0.4, 0.5) is 5.69 Å². The molecule has 0 aliphatic heterocycles. The van der Waals surface area contributed by atoms with Crippen molar-refractivity contribution >= 4 is 16.6 Å². The van der Waals surface area contributed by atoms with Crippen molar-refractivity contribution in [2.75, 3.05) is 5.73 Å². The third-order valence-corrected chi connectivity index (χ3v) is 3.08. The smallest absolute Gasteiger partial charge is 0.115 e. The number of phenolic OH excluding ortho intramolecular Hbond substituents is 1. The maximum Gasteiger partial charge on any atom is 0.115 e. The lowest BCUT2D eigenvalue weighted by molar-refractivity contribution is 0.475. The van der Waals surface area contributed by atoms with E-state index in [0.29, 0.717) is 5.75 Å². The van der Waals surface area contributed by atoms with Gasteiger partial charge in [-0.3, -0.25) is 0 Å². The van der Waals surface area contributed by atoms with Gasteiger partial charge in [0.05, 0.1) is 0 Å². The summed E-state index contributed by atoms with van der Waals surface area (Å²) >= 11 is 0. The summed E-state index contributed by atoms with van der Waals surface area (Å²) in [6, 6.07) is 15.3. The first-order chi connectivity index (χ1) is 8.72. The van der Waals surface area contributed by atoms with E-state index in [1.165, 1.54) is 0 Å². The maximum absolute atomic E-state index is 9.26. The highest BCUT2D eigenvalue weighted by Crippen LogP contribution is 2.20. The molecule has 1 aromatic heterocycles. The van der Waals surface area contributed by atoms with E-state index in [2.05, 4.69) is 16.8 Å². The third-order valence-electron chi connectivity index (χ3n) is 3.08. The molecule has 0 aliphatic carbocycles. The number of nitrogen functional groups attached to an aromatic ring is 1. The highest BCUT2D eigenvalue weighted by atomic mass is 16.3. The SMILES string of the molecule is Nc1ccc2c(ccn2Cc2ccc(O)cc2)c1. The molecule has 3 aromatic rings. The van der Waals surface area contributed by atoms with E-state index in [-0.39, 0.29) is 0 Å². The zero-order valence-electron chi connectivity index (χ0n) is 9.88. The lowest BCUT2D eigenvalue weighted by atomic mass is 10.2. The molecule has 3 nitrogen and oxygen atoms in total. The highest BCUT2D eigenvalue weighted by Gasteiger charge is 2.02. The van der Waals surface area contributed by atoms with Crippen LogP contribution in [-0.2, 0) is 6.54 Å². The number of benzene rings is 2. The number of phenols is 1. The Labute approximate surface area is 105 Å². The number of aromatic nitrogens is 1. The minimum Gasteiger partial charge on any atom is -0.508 e. The van der Waals surface area contributed by atoms with Gasteiger partial charge < -0.3 is 15.4 Å². The summed E-state index contributed by atoms with van der Waals surface area (Å²) in [5.41, 5.74) is 8.87. The van der Waals surface area contributed by atoms with Crippen molar-refractivity contribution in [3.63, 3.8) is 0 Å². The summed E-state index contributed by atoms with van der Waals surface area (Å²) in [5.74, 6) is 0.295. The van der Waals surface area contributed by atoms with E-state index >= 15 is 0 Å². The van der Waals surface area contributed by atoms with E-state index in [0.717, 1.165) is 28.7 Å². The topological polar surface area (TPSA) is 51.2 Å². The van der Waals surface area contributed by atoms with E-state index in [1.54, 1.807) is 12.1 Å². The van der Waals surface area contributed by atoms with Gasteiger partial charge in [-0.05, 0) is 42.0 Å². The first kappa shape index (κ1) is 10.7. The molecule has 3 N–H and O–H groups in total. The third kappa shape index (κ3) is 1.91. The van der Waals surface area contributed by atoms with Gasteiger partial charge in [0.15, 0.2) is 0 Å². The zero-order chi connectivity index (χ0) is 12.5. The number of fused-ring (bicyclic) bond motifs is 1. The van der Waals surface area contributed by atoms with Crippen LogP contribution in [0.5, 0.6) is 5.75 Å². The Hall–Kier alpha value is -2.42. The number of anilines is 1. The normalized spacial score (nSPS) is 10.9. The number of hydrogen-bond acceptors (Lipinski definition) is 2. The molecule has 0 bridgehead atoms. The maximum atomic E-state index is 9.26. The minimum atomic E-state index is 0.295. The lowest BCUT2D eigenvalue weighted by Gasteiger charge is -2.06. The molecule has 3 rings (SSSR count). The molecule has 2 aromatic carbocycles. The molecule has 0 unspecified atom stereocenters. The summed E-state index contributed by atoms with van der Waals surface area (Å²) in [5, 5.41) is 10.4. The summed E-state index contributed by atoms with van der Waals surface area (Å²) in [7, 11) is 0. The number of rotatable bonds is 2. The van der Waals surface area contributed by atoms with E-state index in [9.17, 15) is 5.11 Å². The highest BCUT2D eigenvalue weighted by molar-refractivity contribution is 5.83. The average Bonchev–Trinajstić information content (AvgIpc) is 2.74. The minimum absolute atomic E-state index is 0.295. The van der Waals surface area contributed by atoms with Crippen LogP contribution in [0.3, 0.4) is 0 Å². The molecular weight excluding hydrogens is 224 g/mol. The monoisotopic (exact) mass is 238 g/mol. The molecule has 0 amide bonds. The second-order valence-electron chi connectivity index (χ2n) is 4.43. The van der Waals surface area contributed by atoms with Crippen LogP contribution in [0, 0.1) is 0 Å². The van der Waals surface area contributed by atoms with Gasteiger partial charge in [-0.2, -0.15) is 0 Å². The summed E-state index contributed by atoms with van der Waals surface area (Å²) in [6.07, 6.45) is 2.05. The van der Waals surface area contributed by atoms with Crippen LogP contribution in [0.15, 0.2) is 54.7 Å². The lowest BCUT2D eigenvalue weighted by Crippen LogP contribution is -1.97. The Morgan fingerprint density at radius 3 is 2.56 bits per heavy atom. The van der Waals surface area contributed by atoms with Gasteiger partial charge in [-0.25, -0.2) is 0 Å². The van der Waals surface area contributed by atoms with Gasteiger partial charge in [0, 0.05) is 29.3 Å². The fourth-order valence-electron chi connectivity index (χ4n) is 2.15. The molecule has 0 atom stereocenters. The Kier molecular flexibility index (Phi) is 2.45. The largest absolute Gasteiger partial charge is 0.508 e. The molecule has 0 fully saturated rings. The second-order valence-corrected chi connectivity index (χ2v) is 4.43. The van der Waals surface area contributed by atoms with Gasteiger partial charge in [0.25, 0.3) is 0 Å². The van der Waals surface area contributed by atoms with Crippen LogP contribution < -0.4 is 5.73 Å². The van der Waals surface area contributed by atoms with Crippen molar-refractivity contribution in [2.45, 2.75) is 6.54 Å². The van der Waals surface area contributed by atoms with Gasteiger partial charge in [0.1, 0.15) is 5.75 Å². The van der Waals surface area contributed by atoms with Gasteiger partial charge in [0.2, 0.25) is 0 Å². The van der Waals surface area contributed by atoms with Crippen molar-refractivity contribution in [1.29, 1.82) is 0 Å². The molecule has 90 valence electrons. The van der Waals surface area contributed by atoms with Crippen molar-refractivity contribution in [3.05, 3.63) is 60.3 Å². The quantitative estimate of drug-likeness (QED) is 0.674. The summed E-state index contributed by atoms with van der Waals surface area (Å²) in [4.78, 5) is 0. The van der Waals surface area contributed by atoms with Crippen molar-refractivity contribution < 1.29 is 5.11 Å². The van der Waals surface area contributed by atoms with Crippen LogP contribution in [0.2, 0.25) is 0 Å². The molecule has 3 heteroatoms. The predicted octanol–water partition coefficient (Wildman–Crippen LogP) is 2.98. The van der Waals surface area contributed by atoms with E-state index in [1.807, 2.05) is 30.3 Å². The molecule has 0 radical (unpaired) electrons. The average molecular weight is 238 g/mol. The Balaban J connectivity index is 1.97. The molecule has 0 aliphatic rings. The molecule has 0 spiro atoms. The van der Waals surface area contributed by atoms with Crippen LogP contribution in [-0.4, -0.2) is 9.67 Å². The van der Waals surface area contributed by atoms with Crippen LogP contribution >= 0.6 is 0 Å². The fraction of sp³-hybridized carbons (Fsp3) is 0.0667. The standard InChI is InChI=1S/C15H14N2O/c16-13-3-6-15-12(9-13)7-8-17(15)10-11-1-4-14(18)5-2-11/h1-9,18H,10,16H2. The number of nitrogens with zero attached hydrogens (tertiary/aromatic N) is 1.